The predicted octanol–water partition coefficient (Wildman–Crippen LogP) is 5.36. The lowest BCUT2D eigenvalue weighted by molar-refractivity contribution is -0.115. The van der Waals surface area contributed by atoms with Gasteiger partial charge in [0.15, 0.2) is 0 Å². The molecule has 29 heavy (non-hydrogen) atoms. The molecular formula is C21H19FN4OS2. The Hall–Kier alpha value is -2.71. The summed E-state index contributed by atoms with van der Waals surface area (Å²) in [7, 11) is 0. The zero-order valence-corrected chi connectivity index (χ0v) is 17.6. The van der Waals surface area contributed by atoms with Crippen LogP contribution >= 0.6 is 23.1 Å². The van der Waals surface area contributed by atoms with E-state index in [9.17, 15) is 9.18 Å². The Labute approximate surface area is 176 Å². The quantitative estimate of drug-likeness (QED) is 0.422. The van der Waals surface area contributed by atoms with Crippen molar-refractivity contribution in [3.8, 4) is 5.13 Å². The van der Waals surface area contributed by atoms with Gasteiger partial charge in [0.1, 0.15) is 11.6 Å². The number of carbonyl (C=O) groups is 1. The first-order chi connectivity index (χ1) is 14.0. The Balaban J connectivity index is 1.44. The first kappa shape index (κ1) is 19.6. The van der Waals surface area contributed by atoms with Crippen LogP contribution in [0, 0.1) is 19.7 Å². The van der Waals surface area contributed by atoms with Crippen LogP contribution in [0.1, 0.15) is 17.7 Å². The van der Waals surface area contributed by atoms with Crippen LogP contribution in [0.25, 0.3) is 15.3 Å². The van der Waals surface area contributed by atoms with E-state index in [4.69, 9.17) is 0 Å². The molecule has 0 saturated carbocycles. The lowest BCUT2D eigenvalue weighted by Crippen LogP contribution is -2.15. The van der Waals surface area contributed by atoms with E-state index in [1.807, 2.05) is 6.92 Å². The zero-order chi connectivity index (χ0) is 20.4. The number of anilines is 1. The second-order valence-electron chi connectivity index (χ2n) is 6.65. The minimum atomic E-state index is -0.302. The summed E-state index contributed by atoms with van der Waals surface area (Å²) in [5.74, 6) is 0.858. The SMILES string of the molecule is Cc1ccc(SCCC(=O)Nc2cc(C)nn2-c2nc3ccc(F)cc3s2)cc1. The summed E-state index contributed by atoms with van der Waals surface area (Å²) in [5, 5.41) is 7.95. The third-order valence-corrected chi connectivity index (χ3v) is 6.25. The van der Waals surface area contributed by atoms with E-state index in [1.165, 1.54) is 29.0 Å². The van der Waals surface area contributed by atoms with Gasteiger partial charge in [0.2, 0.25) is 11.0 Å². The summed E-state index contributed by atoms with van der Waals surface area (Å²) >= 11 is 2.98. The predicted molar refractivity (Wildman–Crippen MR) is 117 cm³/mol. The van der Waals surface area contributed by atoms with Crippen molar-refractivity contribution in [1.82, 2.24) is 14.8 Å². The molecule has 5 nitrogen and oxygen atoms in total. The van der Waals surface area contributed by atoms with Crippen molar-refractivity contribution >= 4 is 45.0 Å². The molecule has 0 spiro atoms. The smallest absolute Gasteiger partial charge is 0.226 e. The Morgan fingerprint density at radius 2 is 1.97 bits per heavy atom. The van der Waals surface area contributed by atoms with Gasteiger partial charge < -0.3 is 5.32 Å². The molecule has 0 bridgehead atoms. The Morgan fingerprint density at radius 3 is 2.76 bits per heavy atom. The van der Waals surface area contributed by atoms with Gasteiger partial charge in [0.05, 0.1) is 15.9 Å². The first-order valence-electron chi connectivity index (χ1n) is 9.10. The molecule has 2 aromatic heterocycles. The number of hydrogen-bond donors (Lipinski definition) is 1. The molecule has 0 saturated heterocycles. The Kier molecular flexibility index (Phi) is 5.64. The van der Waals surface area contributed by atoms with E-state index in [-0.39, 0.29) is 11.7 Å². The number of thiazole rings is 1. The van der Waals surface area contributed by atoms with Gasteiger partial charge in [-0.05, 0) is 44.2 Å². The minimum absolute atomic E-state index is 0.0853. The number of aromatic nitrogens is 3. The highest BCUT2D eigenvalue weighted by atomic mass is 32.2. The van der Waals surface area contributed by atoms with Crippen LogP contribution in [0.4, 0.5) is 10.2 Å². The van der Waals surface area contributed by atoms with Crippen LogP contribution < -0.4 is 5.32 Å². The number of aryl methyl sites for hydroxylation is 2. The number of fused-ring (bicyclic) bond motifs is 1. The average molecular weight is 427 g/mol. The van der Waals surface area contributed by atoms with Crippen molar-refractivity contribution in [2.24, 2.45) is 0 Å². The minimum Gasteiger partial charge on any atom is -0.310 e. The van der Waals surface area contributed by atoms with Gasteiger partial charge in [-0.15, -0.1) is 11.8 Å². The summed E-state index contributed by atoms with van der Waals surface area (Å²) < 4.78 is 15.8. The lowest BCUT2D eigenvalue weighted by atomic mass is 10.2. The topological polar surface area (TPSA) is 59.8 Å². The normalized spacial score (nSPS) is 11.1. The molecule has 8 heteroatoms. The summed E-state index contributed by atoms with van der Waals surface area (Å²) in [4.78, 5) is 18.1. The number of nitrogens with one attached hydrogen (secondary N) is 1. The zero-order valence-electron chi connectivity index (χ0n) is 16.0. The maximum atomic E-state index is 13.5. The van der Waals surface area contributed by atoms with E-state index in [0.717, 1.165) is 15.3 Å². The maximum absolute atomic E-state index is 13.5. The monoisotopic (exact) mass is 426 g/mol. The first-order valence-corrected chi connectivity index (χ1v) is 10.9. The molecule has 4 rings (SSSR count). The number of benzene rings is 2. The molecule has 0 atom stereocenters. The van der Waals surface area contributed by atoms with Gasteiger partial charge >= 0.3 is 0 Å². The largest absolute Gasteiger partial charge is 0.310 e. The molecule has 0 aliphatic rings. The van der Waals surface area contributed by atoms with Crippen LogP contribution in [-0.4, -0.2) is 26.4 Å². The number of nitrogens with zero attached hydrogens (tertiary/aromatic N) is 3. The fraction of sp³-hybridized carbons (Fsp3) is 0.190. The molecule has 1 N–H and O–H groups in total. The highest BCUT2D eigenvalue weighted by Gasteiger charge is 2.15. The number of carbonyl (C=O) groups excluding carboxylic acids is 1. The van der Waals surface area contributed by atoms with Gasteiger partial charge in [-0.2, -0.15) is 9.78 Å². The Morgan fingerprint density at radius 1 is 1.17 bits per heavy atom. The molecule has 0 radical (unpaired) electrons. The van der Waals surface area contributed by atoms with E-state index >= 15 is 0 Å². The lowest BCUT2D eigenvalue weighted by Gasteiger charge is -2.06. The van der Waals surface area contributed by atoms with Crippen molar-refractivity contribution in [3.05, 3.63) is 65.6 Å². The molecular weight excluding hydrogens is 407 g/mol. The van der Waals surface area contributed by atoms with E-state index < -0.39 is 0 Å². The molecule has 2 heterocycles. The van der Waals surface area contributed by atoms with Crippen molar-refractivity contribution < 1.29 is 9.18 Å². The summed E-state index contributed by atoms with van der Waals surface area (Å²) in [6.45, 7) is 3.90. The van der Waals surface area contributed by atoms with Crippen molar-refractivity contribution in [3.63, 3.8) is 0 Å². The summed E-state index contributed by atoms with van der Waals surface area (Å²) in [6, 6.07) is 14.5. The van der Waals surface area contributed by atoms with Crippen LogP contribution in [0.3, 0.4) is 0 Å². The third-order valence-electron chi connectivity index (χ3n) is 4.24. The van der Waals surface area contributed by atoms with Gasteiger partial charge in [0, 0.05) is 23.1 Å². The average Bonchev–Trinajstić information content (AvgIpc) is 3.25. The van der Waals surface area contributed by atoms with Crippen LogP contribution in [-0.2, 0) is 4.79 Å². The number of thioether (sulfide) groups is 1. The molecule has 1 amide bonds. The highest BCUT2D eigenvalue weighted by molar-refractivity contribution is 7.99. The fourth-order valence-electron chi connectivity index (χ4n) is 2.81. The molecule has 148 valence electrons. The molecule has 0 unspecified atom stereocenters. The molecule has 0 aliphatic heterocycles. The van der Waals surface area contributed by atoms with Gasteiger partial charge in [-0.25, -0.2) is 9.37 Å². The van der Waals surface area contributed by atoms with Gasteiger partial charge in [-0.1, -0.05) is 29.0 Å². The highest BCUT2D eigenvalue weighted by Crippen LogP contribution is 2.28. The second-order valence-corrected chi connectivity index (χ2v) is 8.83. The number of amides is 1. The summed E-state index contributed by atoms with van der Waals surface area (Å²) in [5.41, 5.74) is 2.68. The molecule has 0 fully saturated rings. The second kappa shape index (κ2) is 8.34. The van der Waals surface area contributed by atoms with Crippen molar-refractivity contribution in [2.45, 2.75) is 25.2 Å². The molecule has 0 aliphatic carbocycles. The number of rotatable bonds is 6. The summed E-state index contributed by atoms with van der Waals surface area (Å²) in [6.07, 6.45) is 0.383. The standard InChI is InChI=1S/C21H19FN4OS2/c1-13-3-6-16(7-4-13)28-10-9-20(27)24-19-11-14(2)25-26(19)21-23-17-8-5-15(22)12-18(17)29-21/h3-8,11-12H,9-10H2,1-2H3,(H,24,27). The molecule has 2 aromatic carbocycles. The van der Waals surface area contributed by atoms with Crippen molar-refractivity contribution in [2.75, 3.05) is 11.1 Å². The van der Waals surface area contributed by atoms with Crippen LogP contribution in [0.15, 0.2) is 53.4 Å². The van der Waals surface area contributed by atoms with Gasteiger partial charge in [-0.3, -0.25) is 4.79 Å². The van der Waals surface area contributed by atoms with E-state index in [2.05, 4.69) is 46.6 Å². The van der Waals surface area contributed by atoms with Crippen LogP contribution in [0.2, 0.25) is 0 Å². The van der Waals surface area contributed by atoms with Crippen molar-refractivity contribution in [1.29, 1.82) is 0 Å². The van der Waals surface area contributed by atoms with Crippen LogP contribution in [0.5, 0.6) is 0 Å². The molecule has 4 aromatic rings. The maximum Gasteiger partial charge on any atom is 0.226 e. The van der Waals surface area contributed by atoms with Gasteiger partial charge in [0.25, 0.3) is 0 Å². The van der Waals surface area contributed by atoms with E-state index in [1.54, 1.807) is 28.6 Å². The third kappa shape index (κ3) is 4.65. The fourth-order valence-corrected chi connectivity index (χ4v) is 4.62. The number of halogens is 1. The number of hydrogen-bond acceptors (Lipinski definition) is 5. The Bertz CT molecular complexity index is 1170. The van der Waals surface area contributed by atoms with E-state index in [0.29, 0.717) is 28.6 Å².